The van der Waals surface area contributed by atoms with Crippen molar-refractivity contribution in [3.8, 4) is 11.1 Å². The fourth-order valence-electron chi connectivity index (χ4n) is 6.07. The Hall–Kier alpha value is -4.38. The number of aryl methyl sites for hydroxylation is 2. The van der Waals surface area contributed by atoms with Crippen LogP contribution >= 0.6 is 23.7 Å². The summed E-state index contributed by atoms with van der Waals surface area (Å²) in [6, 6.07) is 27.7. The third-order valence-electron chi connectivity index (χ3n) is 8.71. The van der Waals surface area contributed by atoms with Crippen LogP contribution < -0.4 is 5.73 Å². The first-order valence-corrected chi connectivity index (χ1v) is 19.0. The summed E-state index contributed by atoms with van der Waals surface area (Å²) >= 11 is 2.56. The highest BCUT2D eigenvalue weighted by molar-refractivity contribution is 8.12. The van der Waals surface area contributed by atoms with Crippen LogP contribution in [0.1, 0.15) is 69.9 Å². The zero-order valence-corrected chi connectivity index (χ0v) is 30.6. The third-order valence-corrected chi connectivity index (χ3v) is 10.6. The second-order valence-corrected chi connectivity index (χ2v) is 14.5. The Kier molecular flexibility index (Phi) is 12.6. The van der Waals surface area contributed by atoms with Gasteiger partial charge in [0.1, 0.15) is 5.82 Å². The molecule has 5 rings (SSSR count). The molecule has 3 N–H and O–H groups in total. The minimum atomic E-state index is -0.964. The van der Waals surface area contributed by atoms with Crippen LogP contribution in [0.15, 0.2) is 91.0 Å². The largest absolute Gasteiger partial charge is 0.478 e. The Morgan fingerprint density at radius 3 is 2.34 bits per heavy atom. The van der Waals surface area contributed by atoms with E-state index in [4.69, 9.17) is 10.7 Å². The van der Waals surface area contributed by atoms with E-state index in [1.807, 2.05) is 99.0 Å². The lowest BCUT2D eigenvalue weighted by Gasteiger charge is -2.28. The van der Waals surface area contributed by atoms with Gasteiger partial charge >= 0.3 is 5.97 Å². The SMILES string of the molecule is CCCc1nc2c(C)cc(C(=O)N(SC(=O)C(N)CCSC)C(C)Cc3ccccc3)cc2n1Cc1ccc(-c2ccccc2C(=O)O)cc1. The van der Waals surface area contributed by atoms with Crippen LogP contribution in [0, 0.1) is 6.92 Å². The molecule has 50 heavy (non-hydrogen) atoms. The normalized spacial score (nSPS) is 12.5. The molecule has 0 aliphatic carbocycles. The fourth-order valence-corrected chi connectivity index (χ4v) is 7.45. The van der Waals surface area contributed by atoms with Gasteiger partial charge in [0.25, 0.3) is 5.91 Å². The average Bonchev–Trinajstić information content (AvgIpc) is 3.46. The standard InChI is InChI=1S/C40H44N4O4S2/c1-5-11-36-42-37-26(2)22-31(38(45)44(50-40(48)34(41)20-21-49-4)27(3)23-28-12-7-6-8-13-28)24-35(37)43(36)25-29-16-18-30(19-17-29)32-14-9-10-15-33(32)39(46)47/h6-10,12-19,22,24,27,34H,5,11,20-21,23,25,41H2,1-4H3,(H,46,47). The van der Waals surface area contributed by atoms with Gasteiger partial charge in [0, 0.05) is 36.5 Å². The van der Waals surface area contributed by atoms with Crippen LogP contribution in [0.25, 0.3) is 22.2 Å². The Balaban J connectivity index is 1.50. The van der Waals surface area contributed by atoms with Crippen molar-refractivity contribution < 1.29 is 19.5 Å². The Labute approximate surface area is 302 Å². The van der Waals surface area contributed by atoms with Crippen LogP contribution in [-0.4, -0.2) is 60.0 Å². The molecule has 1 aromatic heterocycles. The summed E-state index contributed by atoms with van der Waals surface area (Å²) in [6.45, 7) is 6.57. The number of carbonyl (C=O) groups excluding carboxylic acids is 2. The molecule has 0 bridgehead atoms. The molecule has 8 nitrogen and oxygen atoms in total. The van der Waals surface area contributed by atoms with E-state index < -0.39 is 12.0 Å². The highest BCUT2D eigenvalue weighted by Gasteiger charge is 2.29. The number of benzene rings is 4. The van der Waals surface area contributed by atoms with Crippen LogP contribution in [0.2, 0.25) is 0 Å². The molecule has 1 heterocycles. The van der Waals surface area contributed by atoms with Gasteiger partial charge in [-0.25, -0.2) is 9.78 Å². The zero-order chi connectivity index (χ0) is 35.8. The molecule has 0 spiro atoms. The lowest BCUT2D eigenvalue weighted by atomic mass is 9.98. The maximum absolute atomic E-state index is 14.4. The van der Waals surface area contributed by atoms with Crippen LogP contribution in [0.5, 0.6) is 0 Å². The summed E-state index contributed by atoms with van der Waals surface area (Å²) < 4.78 is 3.76. The van der Waals surface area contributed by atoms with E-state index in [2.05, 4.69) is 11.5 Å². The summed E-state index contributed by atoms with van der Waals surface area (Å²) in [7, 11) is 0. The lowest BCUT2D eigenvalue weighted by molar-refractivity contribution is -0.112. The van der Waals surface area contributed by atoms with Gasteiger partial charge in [0.2, 0.25) is 5.12 Å². The number of thioether (sulfide) groups is 1. The molecule has 10 heteroatoms. The number of carboxylic acids is 1. The predicted molar refractivity (Wildman–Crippen MR) is 206 cm³/mol. The molecule has 2 unspecified atom stereocenters. The van der Waals surface area contributed by atoms with Crippen molar-refractivity contribution in [1.29, 1.82) is 0 Å². The van der Waals surface area contributed by atoms with Crippen molar-refractivity contribution in [2.45, 2.75) is 65.1 Å². The summed E-state index contributed by atoms with van der Waals surface area (Å²) in [5.41, 5.74) is 13.2. The molecular weight excluding hydrogens is 665 g/mol. The molecule has 260 valence electrons. The highest BCUT2D eigenvalue weighted by Crippen LogP contribution is 2.30. The number of nitrogens with two attached hydrogens (primary N) is 1. The number of carbonyl (C=O) groups is 3. The average molecular weight is 709 g/mol. The van der Waals surface area contributed by atoms with Crippen LogP contribution in [0.4, 0.5) is 0 Å². The van der Waals surface area contributed by atoms with E-state index in [9.17, 15) is 19.5 Å². The van der Waals surface area contributed by atoms with Crippen molar-refractivity contribution in [2.24, 2.45) is 5.73 Å². The van der Waals surface area contributed by atoms with Crippen molar-refractivity contribution >= 4 is 51.7 Å². The first kappa shape index (κ1) is 36.9. The molecule has 0 aliphatic heterocycles. The molecule has 4 aromatic carbocycles. The van der Waals surface area contributed by atoms with E-state index >= 15 is 0 Å². The summed E-state index contributed by atoms with van der Waals surface area (Å²) in [5.74, 6) is 0.474. The maximum atomic E-state index is 14.4. The molecule has 0 aliphatic rings. The number of rotatable bonds is 14. The van der Waals surface area contributed by atoms with E-state index in [0.717, 1.165) is 69.7 Å². The van der Waals surface area contributed by atoms with Crippen molar-refractivity contribution in [2.75, 3.05) is 12.0 Å². The number of aromatic nitrogens is 2. The number of fused-ring (bicyclic) bond motifs is 1. The Morgan fingerprint density at radius 2 is 1.66 bits per heavy atom. The Bertz CT molecular complexity index is 1960. The van der Waals surface area contributed by atoms with Crippen molar-refractivity contribution in [1.82, 2.24) is 13.9 Å². The number of carboxylic acid groups (broad SMARTS) is 1. The topological polar surface area (TPSA) is 119 Å². The number of hydrogen-bond donors (Lipinski definition) is 2. The van der Waals surface area contributed by atoms with E-state index in [0.29, 0.717) is 30.5 Å². The maximum Gasteiger partial charge on any atom is 0.336 e. The monoisotopic (exact) mass is 708 g/mol. The lowest BCUT2D eigenvalue weighted by Crippen LogP contribution is -2.39. The second kappa shape index (κ2) is 17.0. The molecular formula is C40H44N4O4S2. The van der Waals surface area contributed by atoms with Gasteiger partial charge in [-0.15, -0.1) is 0 Å². The van der Waals surface area contributed by atoms with E-state index in [1.165, 1.54) is 0 Å². The van der Waals surface area contributed by atoms with Crippen molar-refractivity contribution in [3.05, 3.63) is 125 Å². The molecule has 0 saturated heterocycles. The molecule has 0 fully saturated rings. The molecule has 5 aromatic rings. The number of nitrogens with zero attached hydrogens (tertiary/aromatic N) is 3. The Morgan fingerprint density at radius 1 is 0.960 bits per heavy atom. The van der Waals surface area contributed by atoms with Gasteiger partial charge in [-0.3, -0.25) is 13.9 Å². The highest BCUT2D eigenvalue weighted by atomic mass is 32.2. The summed E-state index contributed by atoms with van der Waals surface area (Å²) in [5, 5.41) is 9.46. The minimum Gasteiger partial charge on any atom is -0.478 e. The van der Waals surface area contributed by atoms with Crippen LogP contribution in [-0.2, 0) is 24.2 Å². The molecule has 0 saturated carbocycles. The van der Waals surface area contributed by atoms with Gasteiger partial charge in [-0.1, -0.05) is 79.7 Å². The first-order chi connectivity index (χ1) is 24.1. The number of hydrogen-bond acceptors (Lipinski definition) is 7. The van der Waals surface area contributed by atoms with Gasteiger partial charge in [0.05, 0.1) is 22.6 Å². The molecule has 0 radical (unpaired) electrons. The third kappa shape index (κ3) is 8.67. The van der Waals surface area contributed by atoms with Crippen LogP contribution in [0.3, 0.4) is 0 Å². The van der Waals surface area contributed by atoms with Gasteiger partial charge in [0.15, 0.2) is 0 Å². The predicted octanol–water partition coefficient (Wildman–Crippen LogP) is 8.04. The minimum absolute atomic E-state index is 0.227. The quantitative estimate of drug-likeness (QED) is 0.111. The second-order valence-electron chi connectivity index (χ2n) is 12.5. The van der Waals surface area contributed by atoms with E-state index in [1.54, 1.807) is 28.2 Å². The number of imidazole rings is 1. The number of amides is 1. The summed E-state index contributed by atoms with van der Waals surface area (Å²) in [4.78, 5) is 44.6. The number of aromatic carboxylic acids is 1. The van der Waals surface area contributed by atoms with Gasteiger partial charge in [-0.2, -0.15) is 11.8 Å². The molecule has 2 atom stereocenters. The first-order valence-electron chi connectivity index (χ1n) is 16.9. The fraction of sp³-hybridized carbons (Fsp3) is 0.300. The smallest absolute Gasteiger partial charge is 0.336 e. The van der Waals surface area contributed by atoms with E-state index in [-0.39, 0.29) is 22.6 Å². The molecule has 1 amide bonds. The zero-order valence-electron chi connectivity index (χ0n) is 29.0. The van der Waals surface area contributed by atoms with Crippen molar-refractivity contribution in [3.63, 3.8) is 0 Å². The summed E-state index contributed by atoms with van der Waals surface area (Å²) in [6.07, 6.45) is 4.77. The van der Waals surface area contributed by atoms with Gasteiger partial charge in [-0.05, 0) is 91.1 Å². The van der Waals surface area contributed by atoms with Gasteiger partial charge < -0.3 is 15.4 Å².